The normalized spacial score (nSPS) is 26.2. The largest absolute Gasteiger partial charge is 0.508 e. The maximum atomic E-state index is 12.1. The molecule has 1 saturated carbocycles. The number of nitrogens with one attached hydrogen (secondary N) is 1. The van der Waals surface area contributed by atoms with E-state index in [0.717, 1.165) is 12.8 Å². The zero-order chi connectivity index (χ0) is 14.8. The highest BCUT2D eigenvalue weighted by Gasteiger charge is 2.33. The molecule has 1 aliphatic rings. The Bertz CT molecular complexity index is 504. The van der Waals surface area contributed by atoms with Gasteiger partial charge in [-0.15, -0.1) is 0 Å². The van der Waals surface area contributed by atoms with Crippen molar-refractivity contribution in [3.8, 4) is 5.75 Å². The van der Waals surface area contributed by atoms with Crippen LogP contribution in [-0.4, -0.2) is 28.3 Å². The minimum absolute atomic E-state index is 0.00523. The Morgan fingerprint density at radius 2 is 2.30 bits per heavy atom. The van der Waals surface area contributed by atoms with Crippen LogP contribution in [0.15, 0.2) is 18.2 Å². The number of amides is 1. The van der Waals surface area contributed by atoms with E-state index < -0.39 is 5.60 Å². The zero-order valence-electron chi connectivity index (χ0n) is 11.7. The second-order valence-corrected chi connectivity index (χ2v) is 5.88. The van der Waals surface area contributed by atoms with Gasteiger partial charge < -0.3 is 21.3 Å². The van der Waals surface area contributed by atoms with Crippen molar-refractivity contribution in [1.29, 1.82) is 0 Å². The second kappa shape index (κ2) is 5.71. The standard InChI is InChI=1S/C15H22N2O3/c1-10-3-2-6-15(20,8-10)9-17-14(19)12-7-11(18)4-5-13(12)16/h4-5,7,10,18,20H,2-3,6,8-9,16H2,1H3,(H,17,19). The van der Waals surface area contributed by atoms with Gasteiger partial charge in [0.15, 0.2) is 0 Å². The van der Waals surface area contributed by atoms with Crippen LogP contribution in [0.4, 0.5) is 5.69 Å². The summed E-state index contributed by atoms with van der Waals surface area (Å²) in [5.74, 6) is 0.0934. The lowest BCUT2D eigenvalue weighted by atomic mass is 9.79. The molecule has 0 radical (unpaired) electrons. The Kier molecular flexibility index (Phi) is 4.18. The van der Waals surface area contributed by atoms with Gasteiger partial charge in [0.25, 0.3) is 5.91 Å². The molecule has 1 fully saturated rings. The Balaban J connectivity index is 1.99. The molecule has 110 valence electrons. The van der Waals surface area contributed by atoms with Gasteiger partial charge in [0.1, 0.15) is 5.75 Å². The molecule has 1 aromatic carbocycles. The van der Waals surface area contributed by atoms with Crippen molar-refractivity contribution in [2.24, 2.45) is 5.92 Å². The van der Waals surface area contributed by atoms with Crippen molar-refractivity contribution in [1.82, 2.24) is 5.32 Å². The fourth-order valence-electron chi connectivity index (χ4n) is 2.87. The molecule has 1 aliphatic carbocycles. The molecule has 0 heterocycles. The van der Waals surface area contributed by atoms with Crippen LogP contribution >= 0.6 is 0 Å². The average Bonchev–Trinajstić information content (AvgIpc) is 2.39. The first-order valence-corrected chi connectivity index (χ1v) is 6.99. The first-order valence-electron chi connectivity index (χ1n) is 6.99. The summed E-state index contributed by atoms with van der Waals surface area (Å²) < 4.78 is 0. The van der Waals surface area contributed by atoms with Gasteiger partial charge in [0.05, 0.1) is 11.2 Å². The maximum Gasteiger partial charge on any atom is 0.253 e. The number of benzene rings is 1. The maximum absolute atomic E-state index is 12.1. The van der Waals surface area contributed by atoms with Gasteiger partial charge in [-0.25, -0.2) is 0 Å². The molecule has 0 saturated heterocycles. The number of hydrogen-bond acceptors (Lipinski definition) is 4. The first-order chi connectivity index (χ1) is 9.39. The van der Waals surface area contributed by atoms with Crippen LogP contribution in [0.5, 0.6) is 5.75 Å². The molecule has 0 spiro atoms. The number of nitrogen functional groups attached to an aromatic ring is 1. The molecular weight excluding hydrogens is 256 g/mol. The Hall–Kier alpha value is -1.75. The van der Waals surface area contributed by atoms with Crippen molar-refractivity contribution in [3.05, 3.63) is 23.8 Å². The summed E-state index contributed by atoms with van der Waals surface area (Å²) in [5.41, 5.74) is 5.43. The lowest BCUT2D eigenvalue weighted by Gasteiger charge is -2.35. The topological polar surface area (TPSA) is 95.6 Å². The summed E-state index contributed by atoms with van der Waals surface area (Å²) in [7, 11) is 0. The van der Waals surface area contributed by atoms with Crippen LogP contribution in [-0.2, 0) is 0 Å². The van der Waals surface area contributed by atoms with E-state index in [-0.39, 0.29) is 23.8 Å². The monoisotopic (exact) mass is 278 g/mol. The fourth-order valence-corrected chi connectivity index (χ4v) is 2.87. The lowest BCUT2D eigenvalue weighted by Crippen LogP contribution is -2.45. The SMILES string of the molecule is CC1CCCC(O)(CNC(=O)c2cc(O)ccc2N)C1. The van der Waals surface area contributed by atoms with E-state index in [4.69, 9.17) is 5.73 Å². The van der Waals surface area contributed by atoms with Crippen molar-refractivity contribution in [3.63, 3.8) is 0 Å². The molecule has 0 aliphatic heterocycles. The third-order valence-corrected chi connectivity index (χ3v) is 3.93. The highest BCUT2D eigenvalue weighted by molar-refractivity contribution is 5.99. The Morgan fingerprint density at radius 3 is 3.00 bits per heavy atom. The minimum atomic E-state index is -0.834. The summed E-state index contributed by atoms with van der Waals surface area (Å²) in [5, 5.41) is 22.6. The van der Waals surface area contributed by atoms with Crippen LogP contribution in [0, 0.1) is 5.92 Å². The van der Waals surface area contributed by atoms with E-state index in [9.17, 15) is 15.0 Å². The van der Waals surface area contributed by atoms with Crippen LogP contribution in [0.1, 0.15) is 43.0 Å². The third-order valence-electron chi connectivity index (χ3n) is 3.93. The van der Waals surface area contributed by atoms with Crippen LogP contribution in [0.25, 0.3) is 0 Å². The molecule has 5 nitrogen and oxygen atoms in total. The number of anilines is 1. The fraction of sp³-hybridized carbons (Fsp3) is 0.533. The molecule has 0 aromatic heterocycles. The lowest BCUT2D eigenvalue weighted by molar-refractivity contribution is -0.0109. The number of nitrogens with two attached hydrogens (primary N) is 1. The van der Waals surface area contributed by atoms with E-state index in [1.54, 1.807) is 0 Å². The summed E-state index contributed by atoms with van der Waals surface area (Å²) in [6.07, 6.45) is 3.49. The van der Waals surface area contributed by atoms with E-state index in [1.807, 2.05) is 0 Å². The summed E-state index contributed by atoms with van der Waals surface area (Å²) in [6, 6.07) is 4.25. The van der Waals surface area contributed by atoms with E-state index >= 15 is 0 Å². The van der Waals surface area contributed by atoms with E-state index in [2.05, 4.69) is 12.2 Å². The van der Waals surface area contributed by atoms with E-state index in [0.29, 0.717) is 24.4 Å². The molecule has 0 bridgehead atoms. The Morgan fingerprint density at radius 1 is 1.55 bits per heavy atom. The van der Waals surface area contributed by atoms with E-state index in [1.165, 1.54) is 18.2 Å². The van der Waals surface area contributed by atoms with Crippen molar-refractivity contribution in [2.45, 2.75) is 38.2 Å². The smallest absolute Gasteiger partial charge is 0.253 e. The van der Waals surface area contributed by atoms with Crippen LogP contribution in [0.3, 0.4) is 0 Å². The van der Waals surface area contributed by atoms with Gasteiger partial charge in [-0.05, 0) is 37.0 Å². The number of carbonyl (C=O) groups excluding carboxylic acids is 1. The number of carbonyl (C=O) groups is 1. The number of phenolic OH excluding ortho intramolecular Hbond substituents is 1. The zero-order valence-corrected chi connectivity index (χ0v) is 11.7. The van der Waals surface area contributed by atoms with Gasteiger partial charge in [0.2, 0.25) is 0 Å². The molecule has 2 unspecified atom stereocenters. The van der Waals surface area contributed by atoms with Gasteiger partial charge in [-0.3, -0.25) is 4.79 Å². The summed E-state index contributed by atoms with van der Waals surface area (Å²) in [6.45, 7) is 2.32. The van der Waals surface area contributed by atoms with Gasteiger partial charge >= 0.3 is 0 Å². The molecule has 5 N–H and O–H groups in total. The summed E-state index contributed by atoms with van der Waals surface area (Å²) in [4.78, 5) is 12.1. The number of hydrogen-bond donors (Lipinski definition) is 4. The number of phenols is 1. The molecule has 1 amide bonds. The molecule has 5 heteroatoms. The molecular formula is C15H22N2O3. The third kappa shape index (κ3) is 3.42. The quantitative estimate of drug-likeness (QED) is 0.499. The van der Waals surface area contributed by atoms with Crippen molar-refractivity contribution in [2.75, 3.05) is 12.3 Å². The second-order valence-electron chi connectivity index (χ2n) is 5.88. The molecule has 2 rings (SSSR count). The molecule has 2 atom stereocenters. The molecule has 20 heavy (non-hydrogen) atoms. The highest BCUT2D eigenvalue weighted by atomic mass is 16.3. The minimum Gasteiger partial charge on any atom is -0.508 e. The first kappa shape index (κ1) is 14.7. The average molecular weight is 278 g/mol. The predicted molar refractivity (Wildman–Crippen MR) is 77.4 cm³/mol. The van der Waals surface area contributed by atoms with Crippen LogP contribution in [0.2, 0.25) is 0 Å². The van der Waals surface area contributed by atoms with Gasteiger partial charge in [-0.1, -0.05) is 19.8 Å². The number of aromatic hydroxyl groups is 1. The Labute approximate surface area is 118 Å². The van der Waals surface area contributed by atoms with Crippen molar-refractivity contribution >= 4 is 11.6 Å². The number of aliphatic hydroxyl groups is 1. The predicted octanol–water partition coefficient (Wildman–Crippen LogP) is 1.65. The van der Waals surface area contributed by atoms with Gasteiger partial charge in [0, 0.05) is 12.2 Å². The highest BCUT2D eigenvalue weighted by Crippen LogP contribution is 2.31. The summed E-state index contributed by atoms with van der Waals surface area (Å²) >= 11 is 0. The number of rotatable bonds is 3. The molecule has 1 aromatic rings. The van der Waals surface area contributed by atoms with Crippen molar-refractivity contribution < 1.29 is 15.0 Å². The van der Waals surface area contributed by atoms with Crippen LogP contribution < -0.4 is 11.1 Å². The van der Waals surface area contributed by atoms with Gasteiger partial charge in [-0.2, -0.15) is 0 Å².